The van der Waals surface area contributed by atoms with Gasteiger partial charge in [-0.1, -0.05) is 189 Å². The number of hydrogen-bond donors (Lipinski definition) is 0. The summed E-state index contributed by atoms with van der Waals surface area (Å²) in [6.45, 7) is 7.81. The maximum atomic E-state index is 16.0. The first-order chi connectivity index (χ1) is 40.8. The molecule has 14 rings (SSSR count). The van der Waals surface area contributed by atoms with E-state index in [-0.39, 0.29) is 11.6 Å². The summed E-state index contributed by atoms with van der Waals surface area (Å²) in [6.07, 6.45) is 9.77. The van der Waals surface area contributed by atoms with Crippen molar-refractivity contribution in [1.82, 2.24) is 0 Å². The molecule has 2 atom stereocenters. The van der Waals surface area contributed by atoms with Crippen LogP contribution in [-0.2, 0) is 10.8 Å². The number of benzene rings is 11. The van der Waals surface area contributed by atoms with Crippen molar-refractivity contribution in [2.75, 3.05) is 4.90 Å². The van der Waals surface area contributed by atoms with Gasteiger partial charge in [-0.2, -0.15) is 0 Å². The van der Waals surface area contributed by atoms with Crippen molar-refractivity contribution in [1.29, 1.82) is 0 Å². The van der Waals surface area contributed by atoms with Crippen LogP contribution in [0.2, 0.25) is 0 Å². The Morgan fingerprint density at radius 2 is 0.855 bits per heavy atom. The van der Waals surface area contributed by atoms with Gasteiger partial charge in [-0.25, -0.2) is 8.78 Å². The van der Waals surface area contributed by atoms with E-state index in [9.17, 15) is 0 Å². The average molecular weight is 1080 g/mol. The normalized spacial score (nSPS) is 16.3. The van der Waals surface area contributed by atoms with Gasteiger partial charge in [-0.3, -0.25) is 0 Å². The molecule has 3 aliphatic carbocycles. The van der Waals surface area contributed by atoms with E-state index >= 15 is 8.78 Å². The van der Waals surface area contributed by atoms with Gasteiger partial charge in [0.2, 0.25) is 0 Å². The summed E-state index contributed by atoms with van der Waals surface area (Å²) in [7, 11) is 0. The Balaban J connectivity index is 0.969. The van der Waals surface area contributed by atoms with Gasteiger partial charge in [0, 0.05) is 17.1 Å². The molecule has 3 aliphatic rings. The highest BCUT2D eigenvalue weighted by Gasteiger charge is 2.49. The monoisotopic (exact) mass is 1080 g/mol. The number of hydrogen-bond acceptors (Lipinski definition) is 3. The van der Waals surface area contributed by atoms with Crippen LogP contribution in [0, 0.1) is 11.6 Å². The van der Waals surface area contributed by atoms with Crippen LogP contribution in [-0.4, -0.2) is 0 Å². The second-order valence-corrected chi connectivity index (χ2v) is 21.4. The lowest BCUT2D eigenvalue weighted by molar-refractivity contribution is 0.482. The Kier molecular flexibility index (Phi) is 12.8. The molecule has 0 heterocycles. The summed E-state index contributed by atoms with van der Waals surface area (Å²) in [5, 5.41) is 0. The number of ether oxygens (including phenoxy) is 2. The Morgan fingerprint density at radius 1 is 0.386 bits per heavy atom. The summed E-state index contributed by atoms with van der Waals surface area (Å²) in [5.41, 5.74) is 17.5. The van der Waals surface area contributed by atoms with Crippen LogP contribution in [0.15, 0.2) is 292 Å². The molecule has 0 aromatic heterocycles. The van der Waals surface area contributed by atoms with Crippen LogP contribution >= 0.6 is 0 Å². The topological polar surface area (TPSA) is 21.7 Å². The zero-order valence-corrected chi connectivity index (χ0v) is 45.5. The first kappa shape index (κ1) is 50.8. The molecule has 0 saturated carbocycles. The number of halogens is 2. The molecule has 0 saturated heterocycles. The van der Waals surface area contributed by atoms with Crippen molar-refractivity contribution in [2.24, 2.45) is 0 Å². The van der Waals surface area contributed by atoms with Crippen molar-refractivity contribution in [3.8, 4) is 45.3 Å². The zero-order chi connectivity index (χ0) is 56.1. The Labute approximate surface area is 483 Å². The lowest BCUT2D eigenvalue weighted by Gasteiger charge is -2.37. The van der Waals surface area contributed by atoms with Crippen molar-refractivity contribution in [3.05, 3.63) is 359 Å². The minimum Gasteiger partial charge on any atom is -0.457 e. The largest absolute Gasteiger partial charge is 0.457 e. The smallest absolute Gasteiger partial charge is 0.127 e. The average Bonchev–Trinajstić information content (AvgIpc) is 2.10. The van der Waals surface area contributed by atoms with Gasteiger partial charge >= 0.3 is 0 Å². The molecule has 0 N–H and O–H groups in total. The van der Waals surface area contributed by atoms with E-state index in [1.165, 1.54) is 17.7 Å². The molecule has 0 spiro atoms. The minimum atomic E-state index is -0.957. The molecule has 0 aliphatic heterocycles. The van der Waals surface area contributed by atoms with Crippen LogP contribution < -0.4 is 14.4 Å². The van der Waals surface area contributed by atoms with Gasteiger partial charge < -0.3 is 14.4 Å². The molecule has 2 unspecified atom stereocenters. The van der Waals surface area contributed by atoms with Crippen LogP contribution in [0.4, 0.5) is 25.8 Å². The summed E-state index contributed by atoms with van der Waals surface area (Å²) in [5.74, 6) is 2.18. The first-order valence-electron chi connectivity index (χ1n) is 28.1. The van der Waals surface area contributed by atoms with E-state index in [4.69, 9.17) is 9.47 Å². The van der Waals surface area contributed by atoms with Crippen LogP contribution in [0.5, 0.6) is 23.0 Å². The second kappa shape index (κ2) is 20.9. The number of rotatable bonds is 14. The van der Waals surface area contributed by atoms with Gasteiger partial charge in [0.15, 0.2) is 0 Å². The van der Waals surface area contributed by atoms with E-state index in [1.54, 1.807) is 12.1 Å². The van der Waals surface area contributed by atoms with Crippen LogP contribution in [0.1, 0.15) is 68.5 Å². The predicted octanol–water partition coefficient (Wildman–Crippen LogP) is 20.8. The Morgan fingerprint density at radius 3 is 1.42 bits per heavy atom. The molecule has 83 heavy (non-hydrogen) atoms. The highest BCUT2D eigenvalue weighted by molar-refractivity contribution is 5.94. The SMILES string of the molecule is C=Cc1ccc(Oc2ccc(C3(c4cccc(F)c4)C4=C(C=CCC4)c4ccc(N(c5ccc(-c6ccccc6)cc5)c5ccc6c(c5)C(c5ccc(Oc7ccc(C=C)cc7)cc5)(c5cccc(F)c5)c5ccccc5-6)cc43)cc2)cc1. The van der Waals surface area contributed by atoms with E-state index in [1.807, 2.05) is 109 Å². The quantitative estimate of drug-likeness (QED) is 0.108. The zero-order valence-electron chi connectivity index (χ0n) is 45.5. The number of nitrogens with zero attached hydrogens (tertiary/aromatic N) is 1. The molecule has 0 amide bonds. The molecular formula is C78H55F2NO2. The van der Waals surface area contributed by atoms with E-state index in [2.05, 4.69) is 170 Å². The molecule has 0 bridgehead atoms. The van der Waals surface area contributed by atoms with Gasteiger partial charge in [0.05, 0.1) is 10.8 Å². The highest BCUT2D eigenvalue weighted by atomic mass is 19.1. The first-order valence-corrected chi connectivity index (χ1v) is 28.1. The fourth-order valence-corrected chi connectivity index (χ4v) is 13.2. The van der Waals surface area contributed by atoms with Crippen molar-refractivity contribution in [2.45, 2.75) is 23.7 Å². The van der Waals surface area contributed by atoms with Gasteiger partial charge in [0.1, 0.15) is 34.6 Å². The maximum absolute atomic E-state index is 16.0. The number of allylic oxidation sites excluding steroid dienone is 4. The molecule has 0 fully saturated rings. The fourth-order valence-electron chi connectivity index (χ4n) is 13.2. The lowest BCUT2D eigenvalue weighted by atomic mass is 9.65. The molecular weight excluding hydrogens is 1020 g/mol. The fraction of sp³-hybridized carbons (Fsp3) is 0.0513. The number of anilines is 3. The van der Waals surface area contributed by atoms with Gasteiger partial charge in [-0.15, -0.1) is 0 Å². The van der Waals surface area contributed by atoms with Gasteiger partial charge in [0.25, 0.3) is 0 Å². The Hall–Kier alpha value is -10.4. The molecule has 11 aromatic rings. The van der Waals surface area contributed by atoms with Gasteiger partial charge in [-0.05, 0) is 211 Å². The summed E-state index contributed by atoms with van der Waals surface area (Å²) < 4.78 is 44.9. The summed E-state index contributed by atoms with van der Waals surface area (Å²) >= 11 is 0. The predicted molar refractivity (Wildman–Crippen MR) is 335 cm³/mol. The van der Waals surface area contributed by atoms with Crippen molar-refractivity contribution < 1.29 is 18.3 Å². The lowest BCUT2D eigenvalue weighted by Crippen LogP contribution is -2.30. The molecule has 0 radical (unpaired) electrons. The van der Waals surface area contributed by atoms with Crippen molar-refractivity contribution in [3.63, 3.8) is 0 Å². The highest BCUT2D eigenvalue weighted by Crippen LogP contribution is 2.60. The third-order valence-corrected chi connectivity index (χ3v) is 16.9. The number of fused-ring (bicyclic) bond motifs is 5. The third kappa shape index (κ3) is 8.72. The van der Waals surface area contributed by atoms with E-state index < -0.39 is 10.8 Å². The minimum absolute atomic E-state index is 0.301. The molecule has 398 valence electrons. The van der Waals surface area contributed by atoms with E-state index in [0.29, 0.717) is 17.2 Å². The van der Waals surface area contributed by atoms with Crippen LogP contribution in [0.3, 0.4) is 0 Å². The summed E-state index contributed by atoms with van der Waals surface area (Å²) in [6, 6.07) is 87.7. The van der Waals surface area contributed by atoms with Crippen molar-refractivity contribution >= 4 is 34.8 Å². The Bertz CT molecular complexity index is 4350. The maximum Gasteiger partial charge on any atom is 0.127 e. The molecule has 5 heteroatoms. The second-order valence-electron chi connectivity index (χ2n) is 21.4. The van der Waals surface area contributed by atoms with Crippen LogP contribution in [0.25, 0.3) is 40.0 Å². The standard InChI is InChI=1S/C78H55F2NO2/c1-3-52-24-38-65(39-25-52)82-67-42-30-56(31-43-67)77(58-16-12-18-60(79)48-58)73-22-10-8-20-69(73)71-46-36-63(50-75(71)77)81(62-34-28-55(29-35-62)54-14-6-5-7-15-54)64-37-47-72-70-21-9-11-23-74(70)78(76(72)51-64,59-17-13-19-61(80)49-59)57-32-44-68(45-33-57)83-66-40-26-53(4-2)27-41-66/h3-10,12-22,24-51H,1-2,11,23H2. The molecule has 3 nitrogen and oxygen atoms in total. The molecule has 11 aromatic carbocycles. The third-order valence-electron chi connectivity index (χ3n) is 16.9. The summed E-state index contributed by atoms with van der Waals surface area (Å²) in [4.78, 5) is 2.33. The van der Waals surface area contributed by atoms with E-state index in [0.717, 1.165) is 119 Å².